The number of carbonyl (C=O) groups is 2. The van der Waals surface area contributed by atoms with E-state index in [1.807, 2.05) is 30.8 Å². The van der Waals surface area contributed by atoms with Gasteiger partial charge in [0.25, 0.3) is 0 Å². The van der Waals surface area contributed by atoms with Gasteiger partial charge in [0.2, 0.25) is 0 Å². The van der Waals surface area contributed by atoms with Gasteiger partial charge in [0.15, 0.2) is 0 Å². The standard InChI is InChI=1S/C13H26N4O3/c1-10(9-15(3)4)14-13(20)17-7-5-16(6-8-17)11(2)12(18)19/h10-11H,5-9H2,1-4H3,(H,14,20)(H,18,19). The van der Waals surface area contributed by atoms with Gasteiger partial charge in [-0.1, -0.05) is 0 Å². The van der Waals surface area contributed by atoms with Crippen molar-refractivity contribution >= 4 is 12.0 Å². The highest BCUT2D eigenvalue weighted by Gasteiger charge is 2.27. The van der Waals surface area contributed by atoms with Crippen LogP contribution in [0.1, 0.15) is 13.8 Å². The van der Waals surface area contributed by atoms with E-state index in [1.165, 1.54) is 0 Å². The zero-order valence-corrected chi connectivity index (χ0v) is 12.8. The smallest absolute Gasteiger partial charge is 0.320 e. The largest absolute Gasteiger partial charge is 0.480 e. The number of urea groups is 1. The second-order valence-corrected chi connectivity index (χ2v) is 5.65. The molecule has 0 bridgehead atoms. The highest BCUT2D eigenvalue weighted by Crippen LogP contribution is 2.07. The molecule has 20 heavy (non-hydrogen) atoms. The van der Waals surface area contributed by atoms with Crippen LogP contribution in [0.3, 0.4) is 0 Å². The quantitative estimate of drug-likeness (QED) is 0.728. The Balaban J connectivity index is 2.37. The van der Waals surface area contributed by atoms with Gasteiger partial charge in [-0.2, -0.15) is 0 Å². The minimum absolute atomic E-state index is 0.0676. The van der Waals surface area contributed by atoms with E-state index in [1.54, 1.807) is 11.8 Å². The third-order valence-corrected chi connectivity index (χ3v) is 3.52. The van der Waals surface area contributed by atoms with Gasteiger partial charge < -0.3 is 20.2 Å². The molecule has 1 aliphatic heterocycles. The van der Waals surface area contributed by atoms with E-state index in [0.717, 1.165) is 6.54 Å². The summed E-state index contributed by atoms with van der Waals surface area (Å²) >= 11 is 0. The molecular formula is C13H26N4O3. The number of carboxylic acid groups (broad SMARTS) is 1. The van der Waals surface area contributed by atoms with E-state index in [9.17, 15) is 9.59 Å². The molecule has 1 aliphatic rings. The van der Waals surface area contributed by atoms with Crippen LogP contribution in [0.25, 0.3) is 0 Å². The van der Waals surface area contributed by atoms with Crippen LogP contribution in [-0.2, 0) is 4.79 Å². The number of likely N-dealkylation sites (N-methyl/N-ethyl adjacent to an activating group) is 1. The van der Waals surface area contributed by atoms with Gasteiger partial charge in [0.05, 0.1) is 0 Å². The fraction of sp³-hybridized carbons (Fsp3) is 0.846. The van der Waals surface area contributed by atoms with Gasteiger partial charge in [-0.15, -0.1) is 0 Å². The molecule has 1 heterocycles. The van der Waals surface area contributed by atoms with Crippen LogP contribution in [0.2, 0.25) is 0 Å². The van der Waals surface area contributed by atoms with Gasteiger partial charge in [-0.3, -0.25) is 9.69 Å². The molecule has 7 nitrogen and oxygen atoms in total. The first kappa shape index (κ1) is 16.7. The maximum atomic E-state index is 12.1. The summed E-state index contributed by atoms with van der Waals surface area (Å²) in [5.74, 6) is -0.817. The van der Waals surface area contributed by atoms with Crippen LogP contribution in [-0.4, -0.2) is 90.7 Å². The average Bonchev–Trinajstić information content (AvgIpc) is 2.36. The van der Waals surface area contributed by atoms with Crippen molar-refractivity contribution in [1.29, 1.82) is 0 Å². The molecule has 0 aromatic carbocycles. The minimum Gasteiger partial charge on any atom is -0.480 e. The molecule has 0 spiro atoms. The highest BCUT2D eigenvalue weighted by molar-refractivity contribution is 5.75. The van der Waals surface area contributed by atoms with E-state index in [-0.39, 0.29) is 12.1 Å². The summed E-state index contributed by atoms with van der Waals surface area (Å²) in [6.45, 7) is 6.78. The van der Waals surface area contributed by atoms with Crippen molar-refractivity contribution in [3.8, 4) is 0 Å². The van der Waals surface area contributed by atoms with Crippen molar-refractivity contribution in [3.63, 3.8) is 0 Å². The summed E-state index contributed by atoms with van der Waals surface area (Å²) in [6.07, 6.45) is 0. The molecule has 1 fully saturated rings. The van der Waals surface area contributed by atoms with Crippen LogP contribution in [0.5, 0.6) is 0 Å². The van der Waals surface area contributed by atoms with E-state index in [4.69, 9.17) is 5.11 Å². The molecular weight excluding hydrogens is 260 g/mol. The lowest BCUT2D eigenvalue weighted by Crippen LogP contribution is -2.56. The number of piperazine rings is 1. The number of hydrogen-bond donors (Lipinski definition) is 2. The Hall–Kier alpha value is -1.34. The molecule has 2 N–H and O–H groups in total. The van der Waals surface area contributed by atoms with Gasteiger partial charge in [-0.05, 0) is 27.9 Å². The molecule has 7 heteroatoms. The molecule has 2 unspecified atom stereocenters. The van der Waals surface area contributed by atoms with Gasteiger partial charge in [-0.25, -0.2) is 4.79 Å². The molecule has 116 valence electrons. The molecule has 0 aliphatic carbocycles. The van der Waals surface area contributed by atoms with E-state index < -0.39 is 12.0 Å². The summed E-state index contributed by atoms with van der Waals surface area (Å²) in [7, 11) is 3.93. The Labute approximate surface area is 120 Å². The molecule has 2 atom stereocenters. The van der Waals surface area contributed by atoms with Crippen LogP contribution < -0.4 is 5.32 Å². The minimum atomic E-state index is -0.817. The fourth-order valence-corrected chi connectivity index (χ4v) is 2.36. The molecule has 0 radical (unpaired) electrons. The lowest BCUT2D eigenvalue weighted by Gasteiger charge is -2.37. The number of nitrogens with zero attached hydrogens (tertiary/aromatic N) is 3. The first-order valence-electron chi connectivity index (χ1n) is 6.98. The number of carboxylic acids is 1. The Morgan fingerprint density at radius 3 is 2.20 bits per heavy atom. The predicted octanol–water partition coefficient (Wildman–Crippen LogP) is -0.263. The van der Waals surface area contributed by atoms with Gasteiger partial charge >= 0.3 is 12.0 Å². The van der Waals surface area contributed by atoms with Crippen molar-refractivity contribution in [3.05, 3.63) is 0 Å². The second kappa shape index (κ2) is 7.44. The fourth-order valence-electron chi connectivity index (χ4n) is 2.36. The maximum Gasteiger partial charge on any atom is 0.320 e. The van der Waals surface area contributed by atoms with Crippen molar-refractivity contribution in [2.45, 2.75) is 25.9 Å². The first-order valence-corrected chi connectivity index (χ1v) is 6.98. The highest BCUT2D eigenvalue weighted by atomic mass is 16.4. The predicted molar refractivity (Wildman–Crippen MR) is 76.8 cm³/mol. The topological polar surface area (TPSA) is 76.1 Å². The lowest BCUT2D eigenvalue weighted by molar-refractivity contribution is -0.143. The Kier molecular flexibility index (Phi) is 6.22. The molecule has 0 aromatic heterocycles. The number of hydrogen-bond acceptors (Lipinski definition) is 4. The molecule has 1 rings (SSSR count). The molecule has 0 aromatic rings. The Morgan fingerprint density at radius 2 is 1.75 bits per heavy atom. The van der Waals surface area contributed by atoms with Crippen molar-refractivity contribution < 1.29 is 14.7 Å². The average molecular weight is 286 g/mol. The molecule has 1 saturated heterocycles. The monoisotopic (exact) mass is 286 g/mol. The van der Waals surface area contributed by atoms with Crippen LogP contribution in [0, 0.1) is 0 Å². The number of nitrogens with one attached hydrogen (secondary N) is 1. The van der Waals surface area contributed by atoms with E-state index in [0.29, 0.717) is 26.2 Å². The van der Waals surface area contributed by atoms with E-state index in [2.05, 4.69) is 5.32 Å². The number of carbonyl (C=O) groups excluding carboxylic acids is 1. The van der Waals surface area contributed by atoms with Crippen LogP contribution >= 0.6 is 0 Å². The number of rotatable bonds is 5. The summed E-state index contributed by atoms with van der Waals surface area (Å²) < 4.78 is 0. The van der Waals surface area contributed by atoms with Crippen molar-refractivity contribution in [1.82, 2.24) is 20.0 Å². The zero-order chi connectivity index (χ0) is 15.3. The Morgan fingerprint density at radius 1 is 1.20 bits per heavy atom. The summed E-state index contributed by atoms with van der Waals surface area (Å²) in [5.41, 5.74) is 0. The Bertz CT molecular complexity index is 341. The summed E-state index contributed by atoms with van der Waals surface area (Å²) in [5, 5.41) is 11.9. The van der Waals surface area contributed by atoms with Gasteiger partial charge in [0.1, 0.15) is 6.04 Å². The third-order valence-electron chi connectivity index (χ3n) is 3.52. The number of amides is 2. The SMILES string of the molecule is CC(CN(C)C)NC(=O)N1CCN(C(C)C(=O)O)CC1. The third kappa shape index (κ3) is 4.97. The normalized spacial score (nSPS) is 19.8. The van der Waals surface area contributed by atoms with Gasteiger partial charge in [0, 0.05) is 38.8 Å². The molecule has 0 saturated carbocycles. The summed E-state index contributed by atoms with van der Waals surface area (Å²) in [6, 6.07) is -0.469. The van der Waals surface area contributed by atoms with Crippen molar-refractivity contribution in [2.24, 2.45) is 0 Å². The lowest BCUT2D eigenvalue weighted by atomic mass is 10.2. The second-order valence-electron chi connectivity index (χ2n) is 5.65. The zero-order valence-electron chi connectivity index (χ0n) is 12.8. The van der Waals surface area contributed by atoms with Crippen LogP contribution in [0.4, 0.5) is 4.79 Å². The van der Waals surface area contributed by atoms with Crippen LogP contribution in [0.15, 0.2) is 0 Å². The first-order chi connectivity index (χ1) is 9.31. The summed E-state index contributed by atoms with van der Waals surface area (Å²) in [4.78, 5) is 28.6. The number of aliphatic carboxylic acids is 1. The molecule has 2 amide bonds. The maximum absolute atomic E-state index is 12.1. The van der Waals surface area contributed by atoms with Crippen molar-refractivity contribution in [2.75, 3.05) is 46.8 Å². The van der Waals surface area contributed by atoms with E-state index >= 15 is 0 Å².